The van der Waals surface area contributed by atoms with Crippen LogP contribution >= 0.6 is 0 Å². The number of benzene rings is 1. The second-order valence-corrected chi connectivity index (χ2v) is 18.9. The Hall–Kier alpha value is -5.21. The lowest BCUT2D eigenvalue weighted by molar-refractivity contribution is -0.133. The molecule has 1 heterocycles. The highest BCUT2D eigenvalue weighted by Gasteiger charge is 2.29. The maximum absolute atomic E-state index is 13.3. The Morgan fingerprint density at radius 3 is 1.53 bits per heavy atom. The van der Waals surface area contributed by atoms with E-state index in [0.29, 0.717) is 175 Å². The lowest BCUT2D eigenvalue weighted by Gasteiger charge is -2.25. The SMILES string of the molecule is CC(C)[C@H](NC(=O)CON)C(=O)N[C@@H](CCCNC(N)=O)C(=O)Nc1ccc(COC(=O)NCc2cn(CCOCCOCCOCCOCCOCCOCCOCCOCCOCCOCCOCC(C)(C)C)nn2)cc1. The van der Waals surface area contributed by atoms with Gasteiger partial charge in [-0.05, 0) is 41.9 Å². The maximum atomic E-state index is 13.3. The van der Waals surface area contributed by atoms with Crippen molar-refractivity contribution in [1.29, 1.82) is 0 Å². The van der Waals surface area contributed by atoms with Crippen molar-refractivity contribution in [3.05, 3.63) is 41.7 Å². The predicted octanol–water partition coefficient (Wildman–Crippen LogP) is 0.836. The minimum atomic E-state index is -1.04. The summed E-state index contributed by atoms with van der Waals surface area (Å²) in [6, 6.07) is 3.80. The first-order valence-corrected chi connectivity index (χ1v) is 26.7. The van der Waals surface area contributed by atoms with E-state index < -0.39 is 48.5 Å². The first-order chi connectivity index (χ1) is 38.2. The summed E-state index contributed by atoms with van der Waals surface area (Å²) in [6.45, 7) is 20.7. The maximum Gasteiger partial charge on any atom is 0.407 e. The molecule has 2 rings (SSSR count). The molecule has 28 nitrogen and oxygen atoms in total. The summed E-state index contributed by atoms with van der Waals surface area (Å²) in [5, 5.41) is 21.2. The van der Waals surface area contributed by atoms with Gasteiger partial charge in [-0.25, -0.2) is 20.2 Å². The molecule has 0 saturated heterocycles. The van der Waals surface area contributed by atoms with Crippen LogP contribution in [0.1, 0.15) is 58.7 Å². The van der Waals surface area contributed by atoms with Crippen LogP contribution in [0.3, 0.4) is 0 Å². The van der Waals surface area contributed by atoms with Crippen molar-refractivity contribution >= 4 is 35.5 Å². The third-order valence-corrected chi connectivity index (χ3v) is 10.4. The number of hydrogen-bond donors (Lipinski definition) is 7. The van der Waals surface area contributed by atoms with Gasteiger partial charge in [-0.15, -0.1) is 5.10 Å². The molecule has 0 unspecified atom stereocenters. The Labute approximate surface area is 464 Å². The Bertz CT molecular complexity index is 1900. The molecule has 28 heteroatoms. The molecule has 0 aliphatic heterocycles. The molecule has 0 fully saturated rings. The summed E-state index contributed by atoms with van der Waals surface area (Å²) in [5.41, 5.74) is 6.87. The van der Waals surface area contributed by atoms with Gasteiger partial charge in [-0.1, -0.05) is 52.0 Å². The molecular weight excluding hydrogens is 1040 g/mol. The van der Waals surface area contributed by atoms with E-state index >= 15 is 0 Å². The van der Waals surface area contributed by atoms with Gasteiger partial charge in [0, 0.05) is 12.2 Å². The molecule has 79 heavy (non-hydrogen) atoms. The summed E-state index contributed by atoms with van der Waals surface area (Å²) in [4.78, 5) is 66.5. The fraction of sp³-hybridized carbons (Fsp3) is 0.745. The Morgan fingerprint density at radius 2 is 1.09 bits per heavy atom. The van der Waals surface area contributed by atoms with Crippen molar-refractivity contribution in [3.63, 3.8) is 0 Å². The zero-order valence-electron chi connectivity index (χ0n) is 47.0. The number of nitrogens with two attached hydrogens (primary N) is 2. The topological polar surface area (TPSA) is 348 Å². The standard InChI is InChI=1S/C51H90N10O18/c1-40(2)46(58-45(62)38-79-53)48(64)57-44(7-6-12-54-49(52)65)47(63)56-42-10-8-41(9-11-42)37-78-50(66)55-35-43-36-61(60-59-43)13-14-67-15-16-68-17-18-69-19-20-70-21-22-71-23-24-72-25-26-73-27-28-74-29-30-75-31-32-76-33-34-77-39-51(3,4)5/h8-11,36,40,44,46H,6-7,12-35,37-39,53H2,1-5H3,(H,55,66)(H,56,63)(H,57,64)(H,58,62)(H3,52,54,65)/t44-,46-/m0/s1. The summed E-state index contributed by atoms with van der Waals surface area (Å²) in [6.07, 6.45) is 1.46. The zero-order valence-corrected chi connectivity index (χ0v) is 47.0. The molecule has 0 spiro atoms. The normalized spacial score (nSPS) is 12.3. The fourth-order valence-corrected chi connectivity index (χ4v) is 6.41. The number of nitrogens with zero attached hydrogens (tertiary/aromatic N) is 3. The van der Waals surface area contributed by atoms with E-state index in [1.807, 2.05) is 0 Å². The largest absolute Gasteiger partial charge is 0.445 e. The van der Waals surface area contributed by atoms with Crippen molar-refractivity contribution in [3.8, 4) is 0 Å². The van der Waals surface area contributed by atoms with E-state index in [9.17, 15) is 24.0 Å². The van der Waals surface area contributed by atoms with Crippen LogP contribution in [0.2, 0.25) is 0 Å². The van der Waals surface area contributed by atoms with Crippen LogP contribution in [0.25, 0.3) is 0 Å². The van der Waals surface area contributed by atoms with Crippen LogP contribution in [-0.2, 0) is 95.8 Å². The molecule has 0 aliphatic carbocycles. The molecule has 1 aromatic carbocycles. The second-order valence-electron chi connectivity index (χ2n) is 18.9. The number of hydrogen-bond acceptors (Lipinski definition) is 21. The minimum absolute atomic E-state index is 0.0587. The van der Waals surface area contributed by atoms with Crippen LogP contribution in [0, 0.1) is 11.3 Å². The van der Waals surface area contributed by atoms with Crippen LogP contribution < -0.4 is 38.2 Å². The van der Waals surface area contributed by atoms with Gasteiger partial charge < -0.3 is 89.2 Å². The van der Waals surface area contributed by atoms with E-state index in [1.165, 1.54) is 0 Å². The number of anilines is 1. The van der Waals surface area contributed by atoms with Gasteiger partial charge in [0.15, 0.2) is 0 Å². The molecule has 0 radical (unpaired) electrons. The number of urea groups is 1. The van der Waals surface area contributed by atoms with E-state index in [4.69, 9.17) is 68.5 Å². The lowest BCUT2D eigenvalue weighted by Crippen LogP contribution is -2.55. The number of primary amides is 1. The third kappa shape index (κ3) is 39.8. The van der Waals surface area contributed by atoms with Crippen LogP contribution in [-0.4, -0.2) is 215 Å². The van der Waals surface area contributed by atoms with Gasteiger partial charge in [0.25, 0.3) is 0 Å². The summed E-state index contributed by atoms with van der Waals surface area (Å²) in [7, 11) is 0. The molecule has 2 atom stereocenters. The first kappa shape index (κ1) is 69.9. The zero-order chi connectivity index (χ0) is 57.6. The third-order valence-electron chi connectivity index (χ3n) is 10.4. The van der Waals surface area contributed by atoms with Crippen molar-refractivity contribution in [2.75, 3.05) is 164 Å². The van der Waals surface area contributed by atoms with E-state index in [-0.39, 0.29) is 37.5 Å². The average Bonchev–Trinajstić information content (AvgIpc) is 3.87. The Kier molecular flexibility index (Phi) is 40.3. The van der Waals surface area contributed by atoms with E-state index in [2.05, 4.69) is 62.5 Å². The highest BCUT2D eigenvalue weighted by molar-refractivity contribution is 5.98. The van der Waals surface area contributed by atoms with Gasteiger partial charge in [0.2, 0.25) is 17.7 Å². The van der Waals surface area contributed by atoms with E-state index in [1.54, 1.807) is 49.0 Å². The van der Waals surface area contributed by atoms with Crippen LogP contribution in [0.5, 0.6) is 0 Å². The minimum Gasteiger partial charge on any atom is -0.445 e. The molecule has 0 saturated carbocycles. The highest BCUT2D eigenvalue weighted by atomic mass is 16.6. The molecule has 2 aromatic rings. The molecule has 0 aliphatic rings. The number of ether oxygens (including phenoxy) is 12. The van der Waals surface area contributed by atoms with Crippen LogP contribution in [0.4, 0.5) is 15.3 Å². The Balaban J connectivity index is 1.42. The quantitative estimate of drug-likeness (QED) is 0.0356. The average molecular weight is 1130 g/mol. The summed E-state index contributed by atoms with van der Waals surface area (Å²) < 4.78 is 67.7. The van der Waals surface area contributed by atoms with Gasteiger partial charge in [0.05, 0.1) is 165 Å². The molecule has 1 aromatic heterocycles. The second kappa shape index (κ2) is 45.5. The lowest BCUT2D eigenvalue weighted by atomic mass is 9.99. The molecule has 0 bridgehead atoms. The van der Waals surface area contributed by atoms with Crippen LogP contribution in [0.15, 0.2) is 30.5 Å². The smallest absolute Gasteiger partial charge is 0.407 e. The molecular formula is C51H90N10O18. The van der Waals surface area contributed by atoms with Gasteiger partial charge in [0.1, 0.15) is 31.0 Å². The summed E-state index contributed by atoms with van der Waals surface area (Å²) in [5.74, 6) is 2.90. The molecule has 6 amide bonds. The first-order valence-electron chi connectivity index (χ1n) is 26.7. The highest BCUT2D eigenvalue weighted by Crippen LogP contribution is 2.14. The van der Waals surface area contributed by atoms with Crippen molar-refractivity contribution in [2.24, 2.45) is 23.0 Å². The van der Waals surface area contributed by atoms with Crippen molar-refractivity contribution in [2.45, 2.75) is 79.2 Å². The molecule has 9 N–H and O–H groups in total. The number of nitrogens with one attached hydrogen (secondary N) is 5. The number of amides is 6. The van der Waals surface area contributed by atoms with Crippen molar-refractivity contribution < 1.29 is 85.7 Å². The van der Waals surface area contributed by atoms with Gasteiger partial charge in [-0.2, -0.15) is 0 Å². The summed E-state index contributed by atoms with van der Waals surface area (Å²) >= 11 is 0. The fourth-order valence-electron chi connectivity index (χ4n) is 6.41. The number of carbonyl (C=O) groups is 5. The number of aromatic nitrogens is 3. The van der Waals surface area contributed by atoms with Gasteiger partial charge >= 0.3 is 12.1 Å². The Morgan fingerprint density at radius 1 is 0.620 bits per heavy atom. The van der Waals surface area contributed by atoms with Gasteiger partial charge in [-0.3, -0.25) is 19.2 Å². The molecule has 452 valence electrons. The number of carbonyl (C=O) groups excluding carboxylic acids is 5. The number of alkyl carbamates (subject to hydrolysis) is 1. The van der Waals surface area contributed by atoms with E-state index in [0.717, 1.165) is 0 Å². The predicted molar refractivity (Wildman–Crippen MR) is 286 cm³/mol. The number of rotatable bonds is 50. The van der Waals surface area contributed by atoms with Crippen molar-refractivity contribution in [1.82, 2.24) is 36.3 Å². The monoisotopic (exact) mass is 1130 g/mol.